The summed E-state index contributed by atoms with van der Waals surface area (Å²) in [6.45, 7) is 0. The van der Waals surface area contributed by atoms with E-state index in [-0.39, 0.29) is 23.3 Å². The fraction of sp³-hybridized carbons (Fsp3) is 0. The van der Waals surface area contributed by atoms with Crippen molar-refractivity contribution in [2.75, 3.05) is 0 Å². The molecule has 0 fully saturated rings. The van der Waals surface area contributed by atoms with E-state index in [2.05, 4.69) is 9.98 Å². The van der Waals surface area contributed by atoms with Crippen molar-refractivity contribution >= 4 is 23.5 Å². The molecule has 3 aromatic rings. The van der Waals surface area contributed by atoms with E-state index >= 15 is 0 Å². The van der Waals surface area contributed by atoms with E-state index in [1.807, 2.05) is 0 Å². The van der Waals surface area contributed by atoms with Gasteiger partial charge in [0.05, 0.1) is 11.9 Å². The number of aromatic nitrogens is 1. The molecule has 0 aliphatic rings. The highest BCUT2D eigenvalue weighted by Crippen LogP contribution is 2.27. The number of phenols is 1. The summed E-state index contributed by atoms with van der Waals surface area (Å²) in [5.74, 6) is 0.127. The van der Waals surface area contributed by atoms with Crippen LogP contribution < -0.4 is 0 Å². The van der Waals surface area contributed by atoms with Crippen molar-refractivity contribution in [1.29, 1.82) is 0 Å². The number of hydrogen-bond acceptors (Lipinski definition) is 5. The van der Waals surface area contributed by atoms with E-state index in [4.69, 9.17) is 16.0 Å². The first-order chi connectivity index (χ1) is 10.6. The van der Waals surface area contributed by atoms with Crippen molar-refractivity contribution in [3.05, 3.63) is 59.2 Å². The molecule has 2 N–H and O–H groups in total. The van der Waals surface area contributed by atoms with E-state index in [9.17, 15) is 10.2 Å². The van der Waals surface area contributed by atoms with Gasteiger partial charge in [0.1, 0.15) is 5.75 Å². The molecule has 2 aromatic carbocycles. The number of phenolic OH excluding ortho intramolecular Hbond substituents is 1. The fourth-order valence-electron chi connectivity index (χ4n) is 1.80. The molecule has 0 bridgehead atoms. The lowest BCUT2D eigenvalue weighted by Crippen LogP contribution is -1.82. The average Bonchev–Trinajstić information content (AvgIpc) is 2.88. The lowest BCUT2D eigenvalue weighted by Gasteiger charge is -1.94. The molecule has 0 aliphatic heterocycles. The molecule has 0 amide bonds. The van der Waals surface area contributed by atoms with Crippen LogP contribution in [0.2, 0.25) is 5.02 Å². The number of nitrogens with zero attached hydrogens (tertiary/aromatic N) is 2. The predicted octanol–water partition coefficient (Wildman–Crippen LogP) is 4.16. The van der Waals surface area contributed by atoms with Crippen LogP contribution in [-0.4, -0.2) is 21.4 Å². The normalized spacial score (nSPS) is 11.1. The Morgan fingerprint density at radius 2 is 1.68 bits per heavy atom. The highest BCUT2D eigenvalue weighted by molar-refractivity contribution is 6.30. The fourth-order valence-corrected chi connectivity index (χ4v) is 1.92. The van der Waals surface area contributed by atoms with Crippen LogP contribution in [0.4, 0.5) is 5.69 Å². The van der Waals surface area contributed by atoms with Gasteiger partial charge in [-0.3, -0.25) is 4.99 Å². The zero-order valence-electron chi connectivity index (χ0n) is 11.3. The molecule has 0 unspecified atom stereocenters. The largest absolute Gasteiger partial charge is 0.508 e. The topological polar surface area (TPSA) is 78.9 Å². The molecule has 0 radical (unpaired) electrons. The number of rotatable bonds is 3. The smallest absolute Gasteiger partial charge is 0.312 e. The Labute approximate surface area is 131 Å². The maximum Gasteiger partial charge on any atom is 0.312 e. The second kappa shape index (κ2) is 5.91. The first-order valence-electron chi connectivity index (χ1n) is 6.40. The molecule has 22 heavy (non-hydrogen) atoms. The standard InChI is InChI=1S/C16H11ClN2O3/c17-11-3-1-10(2-4-11)15-19-14(16(21)22-15)9-18-12-5-7-13(20)8-6-12/h1-9,20-21H. The lowest BCUT2D eigenvalue weighted by atomic mass is 10.2. The quantitative estimate of drug-likeness (QED) is 0.711. The van der Waals surface area contributed by atoms with Gasteiger partial charge >= 0.3 is 5.95 Å². The minimum Gasteiger partial charge on any atom is -0.508 e. The number of oxazole rings is 1. The number of aromatic hydroxyl groups is 2. The number of halogens is 1. The van der Waals surface area contributed by atoms with Gasteiger partial charge < -0.3 is 14.6 Å². The molecule has 0 atom stereocenters. The second-order valence-corrected chi connectivity index (χ2v) is 4.93. The molecule has 0 saturated carbocycles. The Morgan fingerprint density at radius 3 is 2.36 bits per heavy atom. The summed E-state index contributed by atoms with van der Waals surface area (Å²) >= 11 is 5.82. The SMILES string of the molecule is Oc1ccc(N=Cc2nc(-c3ccc(Cl)cc3)oc2O)cc1. The molecule has 5 nitrogen and oxygen atoms in total. The third-order valence-corrected chi connectivity index (χ3v) is 3.16. The van der Waals surface area contributed by atoms with Crippen LogP contribution in [0.3, 0.4) is 0 Å². The third-order valence-electron chi connectivity index (χ3n) is 2.91. The van der Waals surface area contributed by atoms with Gasteiger partial charge in [0.2, 0.25) is 5.89 Å². The number of aliphatic imine (C=N–C) groups is 1. The Hall–Kier alpha value is -2.79. The maximum atomic E-state index is 9.78. The highest BCUT2D eigenvalue weighted by atomic mass is 35.5. The summed E-state index contributed by atoms with van der Waals surface area (Å²) < 4.78 is 5.22. The summed E-state index contributed by atoms with van der Waals surface area (Å²) in [6, 6.07) is 13.2. The maximum absolute atomic E-state index is 9.78. The van der Waals surface area contributed by atoms with Gasteiger partial charge in [-0.1, -0.05) is 11.6 Å². The minimum absolute atomic E-state index is 0.160. The second-order valence-electron chi connectivity index (χ2n) is 4.49. The van der Waals surface area contributed by atoms with Crippen LogP contribution in [0.25, 0.3) is 11.5 Å². The summed E-state index contributed by atoms with van der Waals surface area (Å²) in [5, 5.41) is 19.6. The minimum atomic E-state index is -0.313. The Bertz CT molecular complexity index is 808. The Kier molecular flexibility index (Phi) is 3.80. The van der Waals surface area contributed by atoms with E-state index in [1.165, 1.54) is 18.3 Å². The van der Waals surface area contributed by atoms with E-state index in [0.717, 1.165) is 0 Å². The van der Waals surface area contributed by atoms with E-state index < -0.39 is 0 Å². The molecule has 0 spiro atoms. The van der Waals surface area contributed by atoms with Gasteiger partial charge in [0, 0.05) is 10.6 Å². The number of benzene rings is 2. The van der Waals surface area contributed by atoms with Crippen LogP contribution in [0.5, 0.6) is 11.7 Å². The summed E-state index contributed by atoms with van der Waals surface area (Å²) in [4.78, 5) is 8.34. The molecule has 3 rings (SSSR count). The zero-order chi connectivity index (χ0) is 15.5. The van der Waals surface area contributed by atoms with Gasteiger partial charge in [-0.2, -0.15) is 0 Å². The number of hydrogen-bond donors (Lipinski definition) is 2. The molecule has 110 valence electrons. The Balaban J connectivity index is 1.86. The van der Waals surface area contributed by atoms with Gasteiger partial charge in [-0.15, -0.1) is 0 Å². The van der Waals surface area contributed by atoms with Crippen molar-refractivity contribution in [3.8, 4) is 23.1 Å². The molecule has 6 heteroatoms. The zero-order valence-corrected chi connectivity index (χ0v) is 12.0. The van der Waals surface area contributed by atoms with Crippen molar-refractivity contribution in [2.45, 2.75) is 0 Å². The van der Waals surface area contributed by atoms with Gasteiger partial charge in [0.25, 0.3) is 0 Å². The van der Waals surface area contributed by atoms with Gasteiger partial charge in [-0.05, 0) is 48.5 Å². The van der Waals surface area contributed by atoms with Crippen molar-refractivity contribution in [2.24, 2.45) is 4.99 Å². The molecular formula is C16H11ClN2O3. The molecule has 1 aromatic heterocycles. The highest BCUT2D eigenvalue weighted by Gasteiger charge is 2.12. The van der Waals surface area contributed by atoms with Crippen molar-refractivity contribution in [3.63, 3.8) is 0 Å². The summed E-state index contributed by atoms with van der Waals surface area (Å²) in [6.07, 6.45) is 1.39. The Morgan fingerprint density at radius 1 is 1.00 bits per heavy atom. The monoisotopic (exact) mass is 314 g/mol. The van der Waals surface area contributed by atoms with Gasteiger partial charge in [0.15, 0.2) is 5.69 Å². The van der Waals surface area contributed by atoms with Crippen molar-refractivity contribution < 1.29 is 14.6 Å². The first kappa shape index (κ1) is 14.2. The van der Waals surface area contributed by atoms with Crippen LogP contribution in [0.1, 0.15) is 5.69 Å². The molecule has 0 aliphatic carbocycles. The first-order valence-corrected chi connectivity index (χ1v) is 6.78. The lowest BCUT2D eigenvalue weighted by molar-refractivity contribution is 0.337. The predicted molar refractivity (Wildman–Crippen MR) is 84.0 cm³/mol. The molecule has 1 heterocycles. The average molecular weight is 315 g/mol. The summed E-state index contributed by atoms with van der Waals surface area (Å²) in [7, 11) is 0. The van der Waals surface area contributed by atoms with Gasteiger partial charge in [-0.25, -0.2) is 4.98 Å². The van der Waals surface area contributed by atoms with Crippen LogP contribution in [0.15, 0.2) is 57.9 Å². The van der Waals surface area contributed by atoms with Crippen LogP contribution >= 0.6 is 11.6 Å². The third kappa shape index (κ3) is 3.10. The van der Waals surface area contributed by atoms with E-state index in [0.29, 0.717) is 16.3 Å². The van der Waals surface area contributed by atoms with Crippen molar-refractivity contribution in [1.82, 2.24) is 4.98 Å². The van der Waals surface area contributed by atoms with Crippen LogP contribution in [0, 0.1) is 0 Å². The molecular weight excluding hydrogens is 304 g/mol. The molecule has 0 saturated heterocycles. The summed E-state index contributed by atoms with van der Waals surface area (Å²) in [5.41, 5.74) is 1.54. The van der Waals surface area contributed by atoms with Crippen LogP contribution in [-0.2, 0) is 0 Å². The van der Waals surface area contributed by atoms with E-state index in [1.54, 1.807) is 36.4 Å².